The minimum Gasteiger partial charge on any atom is -0.314 e. The Kier molecular flexibility index (Phi) is 8.17. The van der Waals surface area contributed by atoms with Crippen molar-refractivity contribution in [2.24, 2.45) is 17.3 Å². The van der Waals surface area contributed by atoms with Crippen LogP contribution in [0, 0.1) is 17.3 Å². The normalized spacial score (nSPS) is 25.6. The van der Waals surface area contributed by atoms with Crippen molar-refractivity contribution in [3.63, 3.8) is 0 Å². The first-order valence-corrected chi connectivity index (χ1v) is 9.20. The topological polar surface area (TPSA) is 12.0 Å². The van der Waals surface area contributed by atoms with Crippen LogP contribution >= 0.6 is 0 Å². The second-order valence-corrected chi connectivity index (χ2v) is 8.12. The van der Waals surface area contributed by atoms with Crippen LogP contribution < -0.4 is 5.32 Å². The molecule has 1 heteroatoms. The number of hydrogen-bond donors (Lipinski definition) is 1. The minimum absolute atomic E-state index is 0.518. The maximum atomic E-state index is 3.88. The summed E-state index contributed by atoms with van der Waals surface area (Å²) >= 11 is 0. The van der Waals surface area contributed by atoms with Gasteiger partial charge < -0.3 is 5.32 Å². The maximum absolute atomic E-state index is 3.88. The fraction of sp³-hybridized carbons (Fsp3) is 1.00. The van der Waals surface area contributed by atoms with Crippen LogP contribution in [-0.4, -0.2) is 12.6 Å². The van der Waals surface area contributed by atoms with E-state index >= 15 is 0 Å². The van der Waals surface area contributed by atoms with Gasteiger partial charge in [0.25, 0.3) is 0 Å². The van der Waals surface area contributed by atoms with Gasteiger partial charge in [-0.15, -0.1) is 0 Å². The van der Waals surface area contributed by atoms with Crippen molar-refractivity contribution in [2.75, 3.05) is 6.54 Å². The van der Waals surface area contributed by atoms with Gasteiger partial charge in [0.1, 0.15) is 0 Å². The molecular weight excluding hydrogens is 242 g/mol. The van der Waals surface area contributed by atoms with Crippen molar-refractivity contribution in [1.29, 1.82) is 0 Å². The highest BCUT2D eigenvalue weighted by molar-refractivity contribution is 4.82. The lowest BCUT2D eigenvalue weighted by molar-refractivity contribution is 0.147. The number of hydrogen-bond acceptors (Lipinski definition) is 1. The van der Waals surface area contributed by atoms with Gasteiger partial charge in [0.15, 0.2) is 0 Å². The third kappa shape index (κ3) is 6.61. The highest BCUT2D eigenvalue weighted by Crippen LogP contribution is 2.39. The van der Waals surface area contributed by atoms with Crippen molar-refractivity contribution < 1.29 is 0 Å². The van der Waals surface area contributed by atoms with E-state index in [-0.39, 0.29) is 0 Å². The standard InChI is InChI=1S/C19H39N/c1-6-8-10-18(9-7-2)20-15-16-11-13-17(14-12-16)19(3,4)5/h16-18,20H,6-15H2,1-5H3. The Morgan fingerprint density at radius 3 is 2.10 bits per heavy atom. The van der Waals surface area contributed by atoms with Crippen molar-refractivity contribution in [2.45, 2.75) is 98.4 Å². The zero-order chi connectivity index (χ0) is 15.0. The second kappa shape index (κ2) is 9.07. The third-order valence-electron chi connectivity index (χ3n) is 5.31. The Morgan fingerprint density at radius 1 is 0.950 bits per heavy atom. The predicted molar refractivity (Wildman–Crippen MR) is 91.1 cm³/mol. The van der Waals surface area contributed by atoms with Gasteiger partial charge >= 0.3 is 0 Å². The van der Waals surface area contributed by atoms with Crippen molar-refractivity contribution >= 4 is 0 Å². The molecule has 1 atom stereocenters. The molecule has 0 aromatic rings. The molecule has 1 aliphatic carbocycles. The van der Waals surface area contributed by atoms with Crippen LogP contribution in [0.1, 0.15) is 92.4 Å². The Balaban J connectivity index is 2.25. The molecule has 20 heavy (non-hydrogen) atoms. The summed E-state index contributed by atoms with van der Waals surface area (Å²) in [5.41, 5.74) is 0.518. The van der Waals surface area contributed by atoms with Crippen LogP contribution in [0.3, 0.4) is 0 Å². The first-order valence-electron chi connectivity index (χ1n) is 9.20. The van der Waals surface area contributed by atoms with Crippen LogP contribution in [0.2, 0.25) is 0 Å². The lowest BCUT2D eigenvalue weighted by atomic mass is 9.70. The summed E-state index contributed by atoms with van der Waals surface area (Å²) in [6, 6.07) is 0.778. The van der Waals surface area contributed by atoms with Crippen LogP contribution in [0.15, 0.2) is 0 Å². The van der Waals surface area contributed by atoms with E-state index in [1.165, 1.54) is 64.3 Å². The van der Waals surface area contributed by atoms with Crippen LogP contribution in [0.25, 0.3) is 0 Å². The average Bonchev–Trinajstić information content (AvgIpc) is 2.41. The molecule has 0 amide bonds. The summed E-state index contributed by atoms with van der Waals surface area (Å²) in [6.45, 7) is 13.1. The molecule has 1 aliphatic rings. The van der Waals surface area contributed by atoms with E-state index in [1.807, 2.05) is 0 Å². The molecule has 0 radical (unpaired) electrons. The molecule has 120 valence electrons. The highest BCUT2D eigenvalue weighted by atomic mass is 14.9. The van der Waals surface area contributed by atoms with Gasteiger partial charge in [-0.2, -0.15) is 0 Å². The molecule has 1 saturated carbocycles. The number of unbranched alkanes of at least 4 members (excludes halogenated alkanes) is 1. The summed E-state index contributed by atoms with van der Waals surface area (Å²) < 4.78 is 0. The molecule has 1 rings (SSSR count). The van der Waals surface area contributed by atoms with Gasteiger partial charge in [-0.3, -0.25) is 0 Å². The summed E-state index contributed by atoms with van der Waals surface area (Å²) in [4.78, 5) is 0. The van der Waals surface area contributed by atoms with Crippen LogP contribution in [-0.2, 0) is 0 Å². The Morgan fingerprint density at radius 2 is 1.60 bits per heavy atom. The highest BCUT2D eigenvalue weighted by Gasteiger charge is 2.29. The summed E-state index contributed by atoms with van der Waals surface area (Å²) in [5.74, 6) is 1.89. The lowest BCUT2D eigenvalue weighted by Gasteiger charge is -2.37. The van der Waals surface area contributed by atoms with E-state index in [9.17, 15) is 0 Å². The van der Waals surface area contributed by atoms with Crippen molar-refractivity contribution in [3.8, 4) is 0 Å². The Labute approximate surface area is 128 Å². The minimum atomic E-state index is 0.518. The zero-order valence-electron chi connectivity index (χ0n) is 14.8. The molecular formula is C19H39N. The summed E-state index contributed by atoms with van der Waals surface area (Å²) in [5, 5.41) is 3.88. The molecule has 0 aromatic heterocycles. The SMILES string of the molecule is CCCCC(CCC)NCC1CCC(C(C)(C)C)CC1. The van der Waals surface area contributed by atoms with Gasteiger partial charge in [-0.05, 0) is 62.3 Å². The van der Waals surface area contributed by atoms with E-state index < -0.39 is 0 Å². The second-order valence-electron chi connectivity index (χ2n) is 8.12. The molecule has 1 fully saturated rings. The smallest absolute Gasteiger partial charge is 0.00670 e. The quantitative estimate of drug-likeness (QED) is 0.594. The Hall–Kier alpha value is -0.0400. The summed E-state index contributed by atoms with van der Waals surface area (Å²) in [7, 11) is 0. The first kappa shape index (κ1) is 18.0. The van der Waals surface area contributed by atoms with E-state index in [4.69, 9.17) is 0 Å². The van der Waals surface area contributed by atoms with Crippen LogP contribution in [0.5, 0.6) is 0 Å². The molecule has 0 saturated heterocycles. The van der Waals surface area contributed by atoms with E-state index in [0.29, 0.717) is 5.41 Å². The number of nitrogens with one attached hydrogen (secondary N) is 1. The third-order valence-corrected chi connectivity index (χ3v) is 5.31. The van der Waals surface area contributed by atoms with Crippen LogP contribution in [0.4, 0.5) is 0 Å². The molecule has 0 bridgehead atoms. The molecule has 0 aromatic carbocycles. The largest absolute Gasteiger partial charge is 0.314 e. The average molecular weight is 282 g/mol. The molecule has 1 N–H and O–H groups in total. The molecule has 0 heterocycles. The van der Waals surface area contributed by atoms with E-state index in [1.54, 1.807) is 0 Å². The molecule has 1 unspecified atom stereocenters. The Bertz CT molecular complexity index is 233. The van der Waals surface area contributed by atoms with Gasteiger partial charge in [-0.25, -0.2) is 0 Å². The zero-order valence-corrected chi connectivity index (χ0v) is 14.8. The summed E-state index contributed by atoms with van der Waals surface area (Å²) in [6.07, 6.45) is 12.6. The van der Waals surface area contributed by atoms with Gasteiger partial charge in [-0.1, -0.05) is 53.9 Å². The number of rotatable bonds is 8. The monoisotopic (exact) mass is 281 g/mol. The lowest BCUT2D eigenvalue weighted by Crippen LogP contribution is -2.36. The van der Waals surface area contributed by atoms with Gasteiger partial charge in [0.2, 0.25) is 0 Å². The van der Waals surface area contributed by atoms with Gasteiger partial charge in [0.05, 0.1) is 0 Å². The predicted octanol–water partition coefficient (Wildman–Crippen LogP) is 5.79. The maximum Gasteiger partial charge on any atom is 0.00670 e. The van der Waals surface area contributed by atoms with Crippen molar-refractivity contribution in [3.05, 3.63) is 0 Å². The molecule has 0 aliphatic heterocycles. The molecule has 0 spiro atoms. The van der Waals surface area contributed by atoms with Crippen molar-refractivity contribution in [1.82, 2.24) is 5.32 Å². The van der Waals surface area contributed by atoms with E-state index in [2.05, 4.69) is 39.9 Å². The van der Waals surface area contributed by atoms with Gasteiger partial charge in [0, 0.05) is 6.04 Å². The fourth-order valence-electron chi connectivity index (χ4n) is 3.71. The molecule has 1 nitrogen and oxygen atoms in total. The first-order chi connectivity index (χ1) is 9.47. The fourth-order valence-corrected chi connectivity index (χ4v) is 3.71. The van der Waals surface area contributed by atoms with E-state index in [0.717, 1.165) is 17.9 Å².